The third kappa shape index (κ3) is 3.59. The number of nitrogen functional groups attached to an aromatic ring is 1. The Kier molecular flexibility index (Phi) is 5.24. The molecule has 0 radical (unpaired) electrons. The summed E-state index contributed by atoms with van der Waals surface area (Å²) in [5, 5.41) is 4.72. The molecular weight excluding hydrogens is 419 g/mol. The lowest BCUT2D eigenvalue weighted by Gasteiger charge is -2.41. The summed E-state index contributed by atoms with van der Waals surface area (Å²) in [7, 11) is 0. The van der Waals surface area contributed by atoms with E-state index in [0.717, 1.165) is 31.5 Å². The number of ether oxygens (including phenoxy) is 1. The van der Waals surface area contributed by atoms with E-state index in [4.69, 9.17) is 15.6 Å². The first-order valence-electron chi connectivity index (χ1n) is 11.4. The van der Waals surface area contributed by atoms with E-state index in [-0.39, 0.29) is 12.1 Å². The van der Waals surface area contributed by atoms with E-state index in [1.165, 1.54) is 19.0 Å². The van der Waals surface area contributed by atoms with Crippen LogP contribution in [0.3, 0.4) is 0 Å². The summed E-state index contributed by atoms with van der Waals surface area (Å²) in [6.07, 6.45) is -0.529. The quantitative estimate of drug-likeness (QED) is 0.752. The van der Waals surface area contributed by atoms with Crippen molar-refractivity contribution in [1.82, 2.24) is 19.7 Å². The Morgan fingerprint density at radius 2 is 2.00 bits per heavy atom. The molecule has 2 bridgehead atoms. The molecular formula is C23H30F3N5O. The van der Waals surface area contributed by atoms with Crippen molar-refractivity contribution in [3.05, 3.63) is 29.6 Å². The second-order valence-electron chi connectivity index (χ2n) is 9.81. The number of aromatic nitrogens is 3. The van der Waals surface area contributed by atoms with Crippen LogP contribution in [-0.4, -0.2) is 51.5 Å². The zero-order valence-corrected chi connectivity index (χ0v) is 18.6. The number of alkyl halides is 3. The van der Waals surface area contributed by atoms with E-state index in [0.29, 0.717) is 35.1 Å². The van der Waals surface area contributed by atoms with Gasteiger partial charge in [-0.3, -0.25) is 9.58 Å². The predicted molar refractivity (Wildman–Crippen MR) is 115 cm³/mol. The Morgan fingerprint density at radius 1 is 1.22 bits per heavy atom. The SMILES string of the molecule is CC(C)n1nc(-c2cnc(N)c(C(F)(F)F)c2)cc1[C@@H]1C2C[C@H]1CC2N1CCO[C@@H](C)C1. The summed E-state index contributed by atoms with van der Waals surface area (Å²) in [5.41, 5.74) is 6.57. The van der Waals surface area contributed by atoms with Gasteiger partial charge >= 0.3 is 6.18 Å². The van der Waals surface area contributed by atoms with Crippen molar-refractivity contribution in [2.45, 2.75) is 63.9 Å². The number of nitrogens with zero attached hydrogens (tertiary/aromatic N) is 4. The third-order valence-corrected chi connectivity index (χ3v) is 7.44. The number of anilines is 1. The minimum absolute atomic E-state index is 0.115. The Bertz CT molecular complexity index is 1000. The summed E-state index contributed by atoms with van der Waals surface area (Å²) >= 11 is 0. The fourth-order valence-corrected chi connectivity index (χ4v) is 6.00. The molecule has 3 heterocycles. The lowest BCUT2D eigenvalue weighted by Crippen LogP contribution is -2.48. The van der Waals surface area contributed by atoms with E-state index in [2.05, 4.69) is 30.7 Å². The van der Waals surface area contributed by atoms with Crippen LogP contribution in [0.5, 0.6) is 0 Å². The van der Waals surface area contributed by atoms with Gasteiger partial charge in [-0.15, -0.1) is 0 Å². The van der Waals surface area contributed by atoms with Crippen LogP contribution in [0.2, 0.25) is 0 Å². The van der Waals surface area contributed by atoms with Gasteiger partial charge in [0.2, 0.25) is 0 Å². The van der Waals surface area contributed by atoms with Crippen LogP contribution in [0, 0.1) is 11.8 Å². The van der Waals surface area contributed by atoms with Gasteiger partial charge in [-0.25, -0.2) is 4.98 Å². The average Bonchev–Trinajstić information content (AvgIpc) is 3.41. The van der Waals surface area contributed by atoms with Gasteiger partial charge < -0.3 is 10.5 Å². The van der Waals surface area contributed by atoms with Crippen molar-refractivity contribution >= 4 is 5.82 Å². The largest absolute Gasteiger partial charge is 0.419 e. The summed E-state index contributed by atoms with van der Waals surface area (Å²) in [4.78, 5) is 6.38. The summed E-state index contributed by atoms with van der Waals surface area (Å²) in [6, 6.07) is 3.70. The van der Waals surface area contributed by atoms with Crippen LogP contribution in [0.25, 0.3) is 11.3 Å². The highest BCUT2D eigenvalue weighted by Gasteiger charge is 2.56. The molecule has 4 fully saturated rings. The van der Waals surface area contributed by atoms with Gasteiger partial charge in [-0.05, 0) is 57.6 Å². The molecule has 2 aromatic heterocycles. The topological polar surface area (TPSA) is 69.2 Å². The predicted octanol–water partition coefficient (Wildman–Crippen LogP) is 4.34. The number of nitrogens with two attached hydrogens (primary N) is 1. The van der Waals surface area contributed by atoms with Crippen LogP contribution in [-0.2, 0) is 10.9 Å². The highest BCUT2D eigenvalue weighted by atomic mass is 19.4. The van der Waals surface area contributed by atoms with Gasteiger partial charge in [0.15, 0.2) is 0 Å². The number of pyridine rings is 1. The maximum absolute atomic E-state index is 13.3. The molecule has 9 heteroatoms. The van der Waals surface area contributed by atoms with Crippen LogP contribution in [0.15, 0.2) is 18.3 Å². The molecule has 0 amide bonds. The van der Waals surface area contributed by atoms with E-state index in [1.807, 2.05) is 10.7 Å². The maximum atomic E-state index is 13.3. The molecule has 32 heavy (non-hydrogen) atoms. The zero-order chi connectivity index (χ0) is 22.8. The molecule has 4 aliphatic rings. The van der Waals surface area contributed by atoms with E-state index < -0.39 is 17.6 Å². The van der Waals surface area contributed by atoms with Crippen LogP contribution in [0.1, 0.15) is 56.8 Å². The first-order chi connectivity index (χ1) is 15.1. The molecule has 3 aliphatic carbocycles. The van der Waals surface area contributed by atoms with Crippen LogP contribution in [0.4, 0.5) is 19.0 Å². The van der Waals surface area contributed by atoms with E-state index in [9.17, 15) is 13.2 Å². The second-order valence-corrected chi connectivity index (χ2v) is 9.81. The van der Waals surface area contributed by atoms with Gasteiger partial charge in [-0.2, -0.15) is 18.3 Å². The Hall–Kier alpha value is -2.13. The van der Waals surface area contributed by atoms with Crippen molar-refractivity contribution in [3.63, 3.8) is 0 Å². The van der Waals surface area contributed by atoms with Gasteiger partial charge in [0.25, 0.3) is 0 Å². The Morgan fingerprint density at radius 3 is 2.69 bits per heavy atom. The average molecular weight is 450 g/mol. The number of rotatable bonds is 4. The molecule has 5 atom stereocenters. The van der Waals surface area contributed by atoms with Crippen LogP contribution < -0.4 is 5.73 Å². The zero-order valence-electron chi connectivity index (χ0n) is 18.6. The fourth-order valence-electron chi connectivity index (χ4n) is 6.00. The maximum Gasteiger partial charge on any atom is 0.419 e. The van der Waals surface area contributed by atoms with Crippen molar-refractivity contribution in [1.29, 1.82) is 0 Å². The molecule has 0 spiro atoms. The van der Waals surface area contributed by atoms with Crippen molar-refractivity contribution < 1.29 is 17.9 Å². The summed E-state index contributed by atoms with van der Waals surface area (Å²) in [5.74, 6) is 1.04. The van der Waals surface area contributed by atoms with E-state index in [1.54, 1.807) is 0 Å². The molecule has 2 aromatic rings. The van der Waals surface area contributed by atoms with Gasteiger partial charge in [0.1, 0.15) is 5.82 Å². The highest BCUT2D eigenvalue weighted by Crippen LogP contribution is 2.60. The normalized spacial score (nSPS) is 30.7. The van der Waals surface area contributed by atoms with Gasteiger partial charge in [0.05, 0.1) is 24.0 Å². The fraction of sp³-hybridized carbons (Fsp3) is 0.652. The third-order valence-electron chi connectivity index (χ3n) is 7.44. The minimum Gasteiger partial charge on any atom is -0.383 e. The first kappa shape index (κ1) is 21.7. The molecule has 6 rings (SSSR count). The number of hydrogen-bond acceptors (Lipinski definition) is 5. The van der Waals surface area contributed by atoms with E-state index >= 15 is 0 Å². The van der Waals surface area contributed by atoms with Gasteiger partial charge in [0, 0.05) is 48.5 Å². The molecule has 2 N–H and O–H groups in total. The lowest BCUT2D eigenvalue weighted by molar-refractivity contribution is -0.137. The number of fused-ring (bicyclic) bond motifs is 1. The second kappa shape index (κ2) is 7.73. The smallest absolute Gasteiger partial charge is 0.383 e. The van der Waals surface area contributed by atoms with Gasteiger partial charge in [-0.1, -0.05) is 0 Å². The molecule has 3 saturated carbocycles. The molecule has 2 unspecified atom stereocenters. The molecule has 6 nitrogen and oxygen atoms in total. The first-order valence-corrected chi connectivity index (χ1v) is 11.4. The highest BCUT2D eigenvalue weighted by molar-refractivity contribution is 5.63. The summed E-state index contributed by atoms with van der Waals surface area (Å²) < 4.78 is 47.8. The molecule has 1 saturated heterocycles. The lowest BCUT2D eigenvalue weighted by atomic mass is 9.69. The summed E-state index contributed by atoms with van der Waals surface area (Å²) in [6.45, 7) is 8.96. The van der Waals surface area contributed by atoms with Crippen LogP contribution >= 0.6 is 0 Å². The number of hydrogen-bond donors (Lipinski definition) is 1. The number of morpholine rings is 1. The minimum atomic E-state index is -4.55. The Balaban J connectivity index is 1.46. The molecule has 0 aromatic carbocycles. The molecule has 1 aliphatic heterocycles. The number of halogens is 3. The standard InChI is InChI=1S/C23H30F3N5O/c1-12(2)31-20(9-18(29-31)15-7-17(23(24,25)26)22(27)28-10-15)21-14-6-16(21)19(8-14)30-4-5-32-13(3)11-30/h7,9-10,12-14,16,19,21H,4-6,8,11H2,1-3H3,(H2,27,28)/t13-,14-,16?,19?,21-/m0/s1. The van der Waals surface area contributed by atoms with Crippen molar-refractivity contribution in [2.75, 3.05) is 25.4 Å². The van der Waals surface area contributed by atoms with Crippen molar-refractivity contribution in [2.24, 2.45) is 11.8 Å². The monoisotopic (exact) mass is 449 g/mol. The Labute approximate surface area is 185 Å². The molecule has 174 valence electrons. The van der Waals surface area contributed by atoms with Crippen molar-refractivity contribution in [3.8, 4) is 11.3 Å².